The fraction of sp³-hybridized carbons (Fsp3) is 0.296. The van der Waals surface area contributed by atoms with E-state index in [1.165, 1.54) is 41.8 Å². The van der Waals surface area contributed by atoms with Crippen molar-refractivity contribution < 1.29 is 9.68 Å². The number of amidine groups is 1. The largest absolute Gasteiger partial charge is 0.346 e. The van der Waals surface area contributed by atoms with Crippen LogP contribution >= 0.6 is 0 Å². The van der Waals surface area contributed by atoms with Crippen molar-refractivity contribution >= 4 is 11.5 Å². The second-order valence-corrected chi connectivity index (χ2v) is 8.58. The molecule has 2 aliphatic rings. The van der Waals surface area contributed by atoms with E-state index in [1.54, 1.807) is 0 Å². The Morgan fingerprint density at radius 3 is 2.23 bits per heavy atom. The molecule has 0 aromatic heterocycles. The molecule has 2 heterocycles. The van der Waals surface area contributed by atoms with Gasteiger partial charge in [0.2, 0.25) is 0 Å². The quantitative estimate of drug-likeness (QED) is 0.606. The molecule has 3 aromatic rings. The molecule has 3 heteroatoms. The molecule has 0 bridgehead atoms. The van der Waals surface area contributed by atoms with Gasteiger partial charge < -0.3 is 5.11 Å². The number of aryl methyl sites for hydroxylation is 1. The van der Waals surface area contributed by atoms with Gasteiger partial charge in [-0.15, -0.1) is 0 Å². The van der Waals surface area contributed by atoms with Crippen molar-refractivity contribution in [3.63, 3.8) is 0 Å². The lowest BCUT2D eigenvalue weighted by atomic mass is 9.96. The third-order valence-corrected chi connectivity index (χ3v) is 6.48. The van der Waals surface area contributed by atoms with Gasteiger partial charge in [0.15, 0.2) is 6.54 Å². The van der Waals surface area contributed by atoms with Crippen LogP contribution in [0.2, 0.25) is 0 Å². The van der Waals surface area contributed by atoms with Gasteiger partial charge in [-0.05, 0) is 49.4 Å². The highest BCUT2D eigenvalue weighted by Crippen LogP contribution is 2.38. The van der Waals surface area contributed by atoms with Crippen LogP contribution in [0.1, 0.15) is 36.8 Å². The summed E-state index contributed by atoms with van der Waals surface area (Å²) in [5.41, 5.74) is 4.55. The molecular weight excluding hydrogens is 368 g/mol. The molecule has 0 spiro atoms. The van der Waals surface area contributed by atoms with Crippen LogP contribution in [-0.2, 0) is 5.72 Å². The van der Waals surface area contributed by atoms with Gasteiger partial charge in [0.25, 0.3) is 11.6 Å². The second kappa shape index (κ2) is 7.73. The normalized spacial score (nSPS) is 21.5. The summed E-state index contributed by atoms with van der Waals surface area (Å²) in [6, 6.07) is 27.4. The molecule has 2 aliphatic heterocycles. The van der Waals surface area contributed by atoms with Gasteiger partial charge in [-0.3, -0.25) is 4.58 Å². The van der Waals surface area contributed by atoms with E-state index in [9.17, 15) is 5.11 Å². The van der Waals surface area contributed by atoms with Crippen LogP contribution < -0.4 is 4.90 Å². The van der Waals surface area contributed by atoms with Crippen molar-refractivity contribution in [2.45, 2.75) is 38.3 Å². The first kappa shape index (κ1) is 19.1. The summed E-state index contributed by atoms with van der Waals surface area (Å²) < 4.78 is 2.40. The van der Waals surface area contributed by atoms with Gasteiger partial charge in [-0.25, -0.2) is 0 Å². The number of hydrogen-bond donors (Lipinski definition) is 1. The average Bonchev–Trinajstić information content (AvgIpc) is 2.91. The summed E-state index contributed by atoms with van der Waals surface area (Å²) in [5.74, 6) is 1.26. The lowest BCUT2D eigenvalue weighted by Gasteiger charge is -2.29. The molecule has 1 N–H and O–H groups in total. The van der Waals surface area contributed by atoms with Crippen LogP contribution in [0.4, 0.5) is 5.69 Å². The molecule has 0 saturated heterocycles. The van der Waals surface area contributed by atoms with Crippen molar-refractivity contribution in [1.82, 2.24) is 0 Å². The summed E-state index contributed by atoms with van der Waals surface area (Å²) in [5, 5.41) is 12.1. The van der Waals surface area contributed by atoms with E-state index in [1.807, 2.05) is 6.07 Å². The molecule has 30 heavy (non-hydrogen) atoms. The first-order chi connectivity index (χ1) is 14.6. The molecule has 0 aliphatic carbocycles. The number of anilines is 1. The number of aliphatic hydroxyl groups is 1. The molecule has 0 unspecified atom stereocenters. The first-order valence-electron chi connectivity index (χ1n) is 11.0. The Morgan fingerprint density at radius 1 is 0.800 bits per heavy atom. The van der Waals surface area contributed by atoms with Crippen LogP contribution in [0.15, 0.2) is 78.9 Å². The first-order valence-corrected chi connectivity index (χ1v) is 11.0. The lowest BCUT2D eigenvalue weighted by molar-refractivity contribution is -0.534. The van der Waals surface area contributed by atoms with Gasteiger partial charge in [0.05, 0.1) is 6.54 Å². The smallest absolute Gasteiger partial charge is 0.275 e. The molecule has 5 rings (SSSR count). The Hall–Kier alpha value is -2.91. The Kier molecular flexibility index (Phi) is 4.92. The molecule has 3 nitrogen and oxygen atoms in total. The zero-order chi connectivity index (χ0) is 20.6. The zero-order valence-electron chi connectivity index (χ0n) is 17.6. The van der Waals surface area contributed by atoms with E-state index >= 15 is 0 Å². The predicted molar refractivity (Wildman–Crippen MR) is 123 cm³/mol. The molecule has 0 fully saturated rings. The van der Waals surface area contributed by atoms with Crippen molar-refractivity contribution in [3.05, 3.63) is 90.0 Å². The van der Waals surface area contributed by atoms with Crippen molar-refractivity contribution in [3.8, 4) is 11.1 Å². The second-order valence-electron chi connectivity index (χ2n) is 8.58. The minimum Gasteiger partial charge on any atom is -0.346 e. The van der Waals surface area contributed by atoms with Gasteiger partial charge in [0, 0.05) is 12.0 Å². The van der Waals surface area contributed by atoms with Crippen LogP contribution in [0.5, 0.6) is 0 Å². The van der Waals surface area contributed by atoms with Gasteiger partial charge in [-0.2, -0.15) is 4.90 Å². The molecule has 0 saturated carbocycles. The SMILES string of the molecule is Cc1ccc(N2C3=[N+](CCCCC3)C[C@@]2(O)c2ccc(-c3ccccc3)cc2)cc1. The minimum absolute atomic E-state index is 0.612. The van der Waals surface area contributed by atoms with E-state index in [0.29, 0.717) is 6.54 Å². The number of benzene rings is 3. The maximum Gasteiger partial charge on any atom is 0.275 e. The van der Waals surface area contributed by atoms with Gasteiger partial charge in [-0.1, -0.05) is 72.3 Å². The highest BCUT2D eigenvalue weighted by Gasteiger charge is 2.53. The average molecular weight is 398 g/mol. The maximum absolute atomic E-state index is 12.1. The Bertz CT molecular complexity index is 1050. The Balaban J connectivity index is 1.56. The highest BCUT2D eigenvalue weighted by molar-refractivity contribution is 5.97. The number of nitrogens with zero attached hydrogens (tertiary/aromatic N) is 2. The summed E-state index contributed by atoms with van der Waals surface area (Å²) >= 11 is 0. The van der Waals surface area contributed by atoms with E-state index in [2.05, 4.69) is 89.2 Å². The zero-order valence-corrected chi connectivity index (χ0v) is 17.6. The number of rotatable bonds is 3. The highest BCUT2D eigenvalue weighted by atomic mass is 16.3. The van der Waals surface area contributed by atoms with Crippen LogP contribution in [0.3, 0.4) is 0 Å². The van der Waals surface area contributed by atoms with E-state index in [4.69, 9.17) is 0 Å². The minimum atomic E-state index is -1.06. The van der Waals surface area contributed by atoms with E-state index < -0.39 is 5.72 Å². The van der Waals surface area contributed by atoms with Crippen LogP contribution in [0, 0.1) is 6.92 Å². The third-order valence-electron chi connectivity index (χ3n) is 6.48. The van der Waals surface area contributed by atoms with Crippen LogP contribution in [0.25, 0.3) is 11.1 Å². The predicted octanol–water partition coefficient (Wildman–Crippen LogP) is 5.31. The summed E-state index contributed by atoms with van der Waals surface area (Å²) in [6.45, 7) is 3.73. The standard InChI is InChI=1S/C27H29N2O/c1-21-11-17-25(18-12-21)29-26-10-6-3-7-19-28(26)20-27(29,30)24-15-13-23(14-16-24)22-8-4-2-5-9-22/h2,4-5,8-9,11-18,30H,3,6-7,10,19-20H2,1H3/q+1/t27-/m1/s1. The third kappa shape index (κ3) is 3.33. The molecule has 0 amide bonds. The molecule has 3 aromatic carbocycles. The monoisotopic (exact) mass is 397 g/mol. The Morgan fingerprint density at radius 2 is 1.50 bits per heavy atom. The number of hydrogen-bond acceptors (Lipinski definition) is 2. The van der Waals surface area contributed by atoms with E-state index in [-0.39, 0.29) is 0 Å². The summed E-state index contributed by atoms with van der Waals surface area (Å²) in [4.78, 5) is 2.19. The summed E-state index contributed by atoms with van der Waals surface area (Å²) in [6.07, 6.45) is 4.63. The molecule has 0 radical (unpaired) electrons. The summed E-state index contributed by atoms with van der Waals surface area (Å²) in [7, 11) is 0. The lowest BCUT2D eigenvalue weighted by Crippen LogP contribution is -2.47. The van der Waals surface area contributed by atoms with Gasteiger partial charge >= 0.3 is 0 Å². The fourth-order valence-electron chi connectivity index (χ4n) is 4.86. The van der Waals surface area contributed by atoms with E-state index in [0.717, 1.165) is 24.2 Å². The Labute approximate surface area is 178 Å². The maximum atomic E-state index is 12.1. The van der Waals surface area contributed by atoms with Crippen molar-refractivity contribution in [2.75, 3.05) is 18.0 Å². The fourth-order valence-corrected chi connectivity index (χ4v) is 4.86. The molecule has 152 valence electrons. The van der Waals surface area contributed by atoms with Crippen LogP contribution in [-0.4, -0.2) is 28.6 Å². The van der Waals surface area contributed by atoms with Crippen molar-refractivity contribution in [1.29, 1.82) is 0 Å². The van der Waals surface area contributed by atoms with Gasteiger partial charge in [0.1, 0.15) is 5.69 Å². The molecular formula is C27H29N2O+. The topological polar surface area (TPSA) is 26.5 Å². The van der Waals surface area contributed by atoms with Crippen molar-refractivity contribution in [2.24, 2.45) is 0 Å². The molecule has 1 atom stereocenters.